The van der Waals surface area contributed by atoms with Crippen LogP contribution in [0.15, 0.2) is 65.4 Å². The van der Waals surface area contributed by atoms with Gasteiger partial charge in [-0.2, -0.15) is 13.2 Å². The van der Waals surface area contributed by atoms with Crippen molar-refractivity contribution in [3.8, 4) is 11.5 Å². The van der Waals surface area contributed by atoms with Crippen LogP contribution in [-0.2, 0) is 16.6 Å². The van der Waals surface area contributed by atoms with Gasteiger partial charge in [0.15, 0.2) is 0 Å². The van der Waals surface area contributed by atoms with Crippen LogP contribution in [-0.4, -0.2) is 70.5 Å². The minimum atomic E-state index is -4.55. The first-order valence-corrected chi connectivity index (χ1v) is 13.7. The van der Waals surface area contributed by atoms with E-state index in [1.807, 2.05) is 31.3 Å². The van der Waals surface area contributed by atoms with Gasteiger partial charge in [-0.25, -0.2) is 4.98 Å². The Labute approximate surface area is 236 Å². The minimum Gasteiger partial charge on any atom is -0.445 e. The third-order valence-electron chi connectivity index (χ3n) is 8.40. The van der Waals surface area contributed by atoms with Crippen LogP contribution in [0.3, 0.4) is 0 Å². The quantitative estimate of drug-likeness (QED) is 0.436. The number of aliphatic hydroxyl groups is 1. The zero-order valence-corrected chi connectivity index (χ0v) is 22.7. The maximum absolute atomic E-state index is 12.9. The molecule has 0 unspecified atom stereocenters. The van der Waals surface area contributed by atoms with Gasteiger partial charge in [-0.15, -0.1) is 0 Å². The van der Waals surface area contributed by atoms with E-state index in [1.54, 1.807) is 11.1 Å². The molecule has 0 spiro atoms. The van der Waals surface area contributed by atoms with Crippen molar-refractivity contribution >= 4 is 11.8 Å². The van der Waals surface area contributed by atoms with E-state index in [0.29, 0.717) is 31.8 Å². The number of halogens is 3. The number of hydrogen-bond donors (Lipinski definition) is 2. The average Bonchev–Trinajstić information content (AvgIpc) is 3.69. The van der Waals surface area contributed by atoms with Crippen LogP contribution >= 0.6 is 0 Å². The SMILES string of the molecule is CN(C1CCC(O)(c2ccc(-c3ncco3)cc2)CC1)[C@H]1CCN(C(=O)CNC(=O)c2cccc(C(F)(F)F)c2)C1. The van der Waals surface area contributed by atoms with Gasteiger partial charge in [0.1, 0.15) is 6.26 Å². The van der Waals surface area contributed by atoms with Gasteiger partial charge in [0.2, 0.25) is 11.8 Å². The predicted octanol–water partition coefficient (Wildman–Crippen LogP) is 4.45. The molecule has 1 saturated heterocycles. The summed E-state index contributed by atoms with van der Waals surface area (Å²) < 4.78 is 44.2. The summed E-state index contributed by atoms with van der Waals surface area (Å²) in [4.78, 5) is 33.3. The molecule has 0 bridgehead atoms. The maximum atomic E-state index is 12.9. The van der Waals surface area contributed by atoms with E-state index in [9.17, 15) is 27.9 Å². The predicted molar refractivity (Wildman–Crippen MR) is 145 cm³/mol. The molecular weight excluding hydrogens is 537 g/mol. The number of benzene rings is 2. The van der Waals surface area contributed by atoms with Gasteiger partial charge in [0.25, 0.3) is 5.91 Å². The van der Waals surface area contributed by atoms with Crippen molar-refractivity contribution in [1.82, 2.24) is 20.1 Å². The van der Waals surface area contributed by atoms with Crippen LogP contribution in [0.4, 0.5) is 13.2 Å². The molecular formula is C30H33F3N4O4. The second-order valence-corrected chi connectivity index (χ2v) is 10.9. The Morgan fingerprint density at radius 2 is 1.85 bits per heavy atom. The molecule has 1 aliphatic carbocycles. The monoisotopic (exact) mass is 570 g/mol. The van der Waals surface area contributed by atoms with Crippen molar-refractivity contribution in [3.05, 3.63) is 77.7 Å². The van der Waals surface area contributed by atoms with Crippen molar-refractivity contribution < 1.29 is 32.3 Å². The number of likely N-dealkylation sites (tertiary alicyclic amines) is 1. The Balaban J connectivity index is 1.09. The smallest absolute Gasteiger partial charge is 0.416 e. The standard InChI is InChI=1S/C30H33F3N4O4/c1-36(24-9-12-29(40,13-10-24)22-7-5-20(6-8-22)28-34-14-16-41-28)25-11-15-37(19-25)26(38)18-35-27(39)21-3-2-4-23(17-21)30(31,32)33/h2-8,14,16-17,24-25,40H,9-13,15,18-19H2,1H3,(H,35,39)/t24?,25-,29?/m0/s1. The Morgan fingerprint density at radius 3 is 2.51 bits per heavy atom. The van der Waals surface area contributed by atoms with Gasteiger partial charge >= 0.3 is 6.18 Å². The Kier molecular flexibility index (Phi) is 8.19. The second kappa shape index (κ2) is 11.7. The van der Waals surface area contributed by atoms with Gasteiger partial charge in [0.05, 0.1) is 23.9 Å². The molecule has 8 nitrogen and oxygen atoms in total. The lowest BCUT2D eigenvalue weighted by atomic mass is 9.77. The van der Waals surface area contributed by atoms with E-state index in [2.05, 4.69) is 15.2 Å². The number of hydrogen-bond acceptors (Lipinski definition) is 6. The zero-order valence-electron chi connectivity index (χ0n) is 22.7. The Morgan fingerprint density at radius 1 is 1.12 bits per heavy atom. The summed E-state index contributed by atoms with van der Waals surface area (Å²) >= 11 is 0. The third kappa shape index (κ3) is 6.46. The first-order chi connectivity index (χ1) is 19.5. The van der Waals surface area contributed by atoms with Crippen LogP contribution in [0.2, 0.25) is 0 Å². The highest BCUT2D eigenvalue weighted by Crippen LogP contribution is 2.39. The van der Waals surface area contributed by atoms with E-state index in [-0.39, 0.29) is 30.1 Å². The fourth-order valence-electron chi connectivity index (χ4n) is 5.87. The largest absolute Gasteiger partial charge is 0.445 e. The summed E-state index contributed by atoms with van der Waals surface area (Å²) in [6.07, 6.45) is 2.22. The van der Waals surface area contributed by atoms with Gasteiger partial charge in [-0.05, 0) is 75.0 Å². The fraction of sp³-hybridized carbons (Fsp3) is 0.433. The number of nitrogens with zero attached hydrogens (tertiary/aromatic N) is 3. The van der Waals surface area contributed by atoms with Gasteiger partial charge in [-0.1, -0.05) is 18.2 Å². The second-order valence-electron chi connectivity index (χ2n) is 10.9. The number of amides is 2. The number of carbonyl (C=O) groups is 2. The minimum absolute atomic E-state index is 0.144. The summed E-state index contributed by atoms with van der Waals surface area (Å²) in [7, 11) is 2.05. The number of likely N-dealkylation sites (N-methyl/N-ethyl adjacent to an activating group) is 1. The summed E-state index contributed by atoms with van der Waals surface area (Å²) in [6, 6.07) is 12.2. The van der Waals surface area contributed by atoms with Gasteiger partial charge < -0.3 is 19.7 Å². The van der Waals surface area contributed by atoms with E-state index >= 15 is 0 Å². The van der Waals surface area contributed by atoms with Crippen LogP contribution in [0.5, 0.6) is 0 Å². The van der Waals surface area contributed by atoms with E-state index in [0.717, 1.165) is 42.5 Å². The Hall–Kier alpha value is -3.70. The fourth-order valence-corrected chi connectivity index (χ4v) is 5.87. The highest BCUT2D eigenvalue weighted by Gasteiger charge is 2.39. The van der Waals surface area contributed by atoms with Crippen LogP contribution in [0.25, 0.3) is 11.5 Å². The zero-order chi connectivity index (χ0) is 29.2. The van der Waals surface area contributed by atoms with Crippen molar-refractivity contribution in [2.24, 2.45) is 0 Å². The summed E-state index contributed by atoms with van der Waals surface area (Å²) in [5, 5.41) is 13.8. The molecule has 2 aliphatic rings. The molecule has 2 heterocycles. The maximum Gasteiger partial charge on any atom is 0.416 e. The lowest BCUT2D eigenvalue weighted by Crippen LogP contribution is -2.47. The Bertz CT molecular complexity index is 1350. The molecule has 1 aliphatic heterocycles. The lowest BCUT2D eigenvalue weighted by Gasteiger charge is -2.41. The van der Waals surface area contributed by atoms with Crippen LogP contribution < -0.4 is 5.32 Å². The van der Waals surface area contributed by atoms with Crippen LogP contribution in [0.1, 0.15) is 53.6 Å². The summed E-state index contributed by atoms with van der Waals surface area (Å²) in [5.41, 5.74) is -0.231. The number of alkyl halides is 3. The third-order valence-corrected chi connectivity index (χ3v) is 8.40. The van der Waals surface area contributed by atoms with E-state index in [1.165, 1.54) is 18.4 Å². The lowest BCUT2D eigenvalue weighted by molar-refractivity contribution is -0.137. The number of aromatic nitrogens is 1. The first-order valence-electron chi connectivity index (χ1n) is 13.7. The normalized spacial score (nSPS) is 23.1. The summed E-state index contributed by atoms with van der Waals surface area (Å²) in [6.45, 7) is 0.773. The van der Waals surface area contributed by atoms with Gasteiger partial charge in [0, 0.05) is 36.3 Å². The van der Waals surface area contributed by atoms with E-state index < -0.39 is 23.2 Å². The van der Waals surface area contributed by atoms with Crippen molar-refractivity contribution in [2.75, 3.05) is 26.7 Å². The molecule has 2 amide bonds. The molecule has 1 aromatic heterocycles. The molecule has 2 aromatic carbocycles. The van der Waals surface area contributed by atoms with Crippen LogP contribution in [0, 0.1) is 0 Å². The topological polar surface area (TPSA) is 98.9 Å². The molecule has 11 heteroatoms. The van der Waals surface area contributed by atoms with Gasteiger partial charge in [-0.3, -0.25) is 14.5 Å². The molecule has 2 N–H and O–H groups in total. The summed E-state index contributed by atoms with van der Waals surface area (Å²) in [5.74, 6) is -0.456. The molecule has 5 rings (SSSR count). The number of nitrogens with one attached hydrogen (secondary N) is 1. The molecule has 1 atom stereocenters. The molecule has 3 aromatic rings. The molecule has 2 fully saturated rings. The van der Waals surface area contributed by atoms with E-state index in [4.69, 9.17) is 4.42 Å². The highest BCUT2D eigenvalue weighted by atomic mass is 19.4. The number of rotatable bonds is 7. The number of oxazole rings is 1. The highest BCUT2D eigenvalue weighted by molar-refractivity contribution is 5.96. The van der Waals surface area contributed by atoms with Crippen molar-refractivity contribution in [2.45, 2.75) is 56.0 Å². The number of carbonyl (C=O) groups excluding carboxylic acids is 2. The van der Waals surface area contributed by atoms with Crippen molar-refractivity contribution in [3.63, 3.8) is 0 Å². The molecule has 218 valence electrons. The molecule has 1 saturated carbocycles. The van der Waals surface area contributed by atoms with Crippen molar-refractivity contribution in [1.29, 1.82) is 0 Å². The molecule has 0 radical (unpaired) electrons. The molecule has 41 heavy (non-hydrogen) atoms. The first kappa shape index (κ1) is 28.8. The average molecular weight is 571 g/mol.